The van der Waals surface area contributed by atoms with Crippen LogP contribution in [-0.4, -0.2) is 27.7 Å². The lowest BCUT2D eigenvalue weighted by Crippen LogP contribution is -2.40. The standard InChI is InChI=1S/C13H19ClN2O3S/c1-9(10-4-6-19-7-5-10)16-20(17,18)13-8-11(14)2-3-12(13)15/h2-3,8-10,16H,4-7,15H2,1H3. The first-order valence-electron chi connectivity index (χ1n) is 6.55. The van der Waals surface area contributed by atoms with Crippen molar-refractivity contribution in [2.45, 2.75) is 30.7 Å². The molecule has 0 spiro atoms. The number of hydrogen-bond donors (Lipinski definition) is 2. The van der Waals surface area contributed by atoms with Crippen LogP contribution in [0.15, 0.2) is 23.1 Å². The van der Waals surface area contributed by atoms with Crippen LogP contribution in [-0.2, 0) is 14.8 Å². The number of sulfonamides is 1. The molecule has 3 N–H and O–H groups in total. The largest absolute Gasteiger partial charge is 0.398 e. The van der Waals surface area contributed by atoms with E-state index in [4.69, 9.17) is 22.1 Å². The maximum Gasteiger partial charge on any atom is 0.242 e. The quantitative estimate of drug-likeness (QED) is 0.832. The summed E-state index contributed by atoms with van der Waals surface area (Å²) in [5.74, 6) is 0.277. The van der Waals surface area contributed by atoms with Gasteiger partial charge in [0.05, 0.1) is 5.69 Å². The smallest absolute Gasteiger partial charge is 0.242 e. The van der Waals surface area contributed by atoms with Crippen molar-refractivity contribution in [1.29, 1.82) is 0 Å². The Labute approximate surface area is 124 Å². The maximum absolute atomic E-state index is 12.4. The summed E-state index contributed by atoms with van der Waals surface area (Å²) in [7, 11) is -3.66. The average molecular weight is 319 g/mol. The Morgan fingerprint density at radius 1 is 1.40 bits per heavy atom. The molecule has 1 heterocycles. The Morgan fingerprint density at radius 3 is 2.70 bits per heavy atom. The lowest BCUT2D eigenvalue weighted by molar-refractivity contribution is 0.0586. The number of hydrogen-bond acceptors (Lipinski definition) is 4. The molecule has 1 aromatic carbocycles. The van der Waals surface area contributed by atoms with Gasteiger partial charge in [0.15, 0.2) is 0 Å². The molecule has 1 aromatic rings. The van der Waals surface area contributed by atoms with Gasteiger partial charge in [-0.15, -0.1) is 0 Å². The second-order valence-corrected chi connectivity index (χ2v) is 7.16. The van der Waals surface area contributed by atoms with E-state index in [1.807, 2.05) is 6.92 Å². The average Bonchev–Trinajstić information content (AvgIpc) is 2.42. The first kappa shape index (κ1) is 15.6. The number of benzene rings is 1. The molecule has 1 atom stereocenters. The number of nitrogen functional groups attached to an aromatic ring is 1. The van der Waals surface area contributed by atoms with Crippen molar-refractivity contribution in [3.8, 4) is 0 Å². The van der Waals surface area contributed by atoms with Crippen LogP contribution in [0.1, 0.15) is 19.8 Å². The number of nitrogens with one attached hydrogen (secondary N) is 1. The van der Waals surface area contributed by atoms with Crippen molar-refractivity contribution < 1.29 is 13.2 Å². The molecule has 0 bridgehead atoms. The molecule has 0 saturated carbocycles. The summed E-state index contributed by atoms with van der Waals surface area (Å²) in [5, 5.41) is 0.346. The molecule has 20 heavy (non-hydrogen) atoms. The van der Waals surface area contributed by atoms with E-state index in [9.17, 15) is 8.42 Å². The van der Waals surface area contributed by atoms with Crippen molar-refractivity contribution >= 4 is 27.3 Å². The highest BCUT2D eigenvalue weighted by molar-refractivity contribution is 7.89. The molecule has 0 aliphatic carbocycles. The van der Waals surface area contributed by atoms with Crippen LogP contribution < -0.4 is 10.5 Å². The summed E-state index contributed by atoms with van der Waals surface area (Å²) in [5.41, 5.74) is 5.93. The summed E-state index contributed by atoms with van der Waals surface area (Å²) < 4.78 is 32.7. The van der Waals surface area contributed by atoms with Crippen molar-refractivity contribution in [3.63, 3.8) is 0 Å². The Hall–Kier alpha value is -0.820. The highest BCUT2D eigenvalue weighted by Crippen LogP contribution is 2.25. The van der Waals surface area contributed by atoms with Gasteiger partial charge in [-0.2, -0.15) is 0 Å². The molecule has 0 radical (unpaired) electrons. The van der Waals surface area contributed by atoms with Gasteiger partial charge in [-0.25, -0.2) is 13.1 Å². The molecule has 0 amide bonds. The number of ether oxygens (including phenoxy) is 1. The van der Waals surface area contributed by atoms with Crippen LogP contribution in [0.5, 0.6) is 0 Å². The molecule has 2 rings (SSSR count). The number of halogens is 1. The first-order valence-corrected chi connectivity index (χ1v) is 8.41. The van der Waals surface area contributed by atoms with Gasteiger partial charge in [-0.1, -0.05) is 11.6 Å². The predicted molar refractivity (Wildman–Crippen MR) is 79.2 cm³/mol. The Morgan fingerprint density at radius 2 is 2.05 bits per heavy atom. The van der Waals surface area contributed by atoms with Gasteiger partial charge < -0.3 is 10.5 Å². The summed E-state index contributed by atoms with van der Waals surface area (Å²) in [4.78, 5) is 0.0314. The predicted octanol–water partition coefficient (Wildman–Crippen LogP) is 2.02. The molecule has 7 heteroatoms. The fraction of sp³-hybridized carbons (Fsp3) is 0.538. The summed E-state index contributed by atoms with van der Waals surface area (Å²) in [6.07, 6.45) is 1.71. The Bertz CT molecular complexity index is 571. The maximum atomic E-state index is 12.4. The van der Waals surface area contributed by atoms with Gasteiger partial charge in [0, 0.05) is 24.3 Å². The Balaban J connectivity index is 2.16. The third kappa shape index (κ3) is 3.63. The van der Waals surface area contributed by atoms with E-state index in [1.165, 1.54) is 12.1 Å². The van der Waals surface area contributed by atoms with Crippen molar-refractivity contribution in [2.24, 2.45) is 5.92 Å². The topological polar surface area (TPSA) is 81.4 Å². The molecule has 112 valence electrons. The molecular formula is C13H19ClN2O3S. The van der Waals surface area contributed by atoms with E-state index in [1.54, 1.807) is 6.07 Å². The van der Waals surface area contributed by atoms with Crippen molar-refractivity contribution in [1.82, 2.24) is 4.72 Å². The molecule has 1 aliphatic heterocycles. The van der Waals surface area contributed by atoms with Crippen LogP contribution in [0.3, 0.4) is 0 Å². The lowest BCUT2D eigenvalue weighted by Gasteiger charge is -2.28. The third-order valence-electron chi connectivity index (χ3n) is 3.58. The highest BCUT2D eigenvalue weighted by Gasteiger charge is 2.26. The number of rotatable bonds is 4. The van der Waals surface area contributed by atoms with Crippen LogP contribution in [0, 0.1) is 5.92 Å². The van der Waals surface area contributed by atoms with E-state index in [-0.39, 0.29) is 22.5 Å². The zero-order valence-corrected chi connectivity index (χ0v) is 12.9. The monoisotopic (exact) mass is 318 g/mol. The first-order chi connectivity index (χ1) is 9.40. The van der Waals surface area contributed by atoms with Gasteiger partial charge in [0.25, 0.3) is 0 Å². The molecule has 1 saturated heterocycles. The van der Waals surface area contributed by atoms with E-state index in [2.05, 4.69) is 4.72 Å². The van der Waals surface area contributed by atoms with E-state index >= 15 is 0 Å². The third-order valence-corrected chi connectivity index (χ3v) is 5.43. The van der Waals surface area contributed by atoms with Crippen molar-refractivity contribution in [3.05, 3.63) is 23.2 Å². The fourth-order valence-electron chi connectivity index (χ4n) is 2.36. The zero-order chi connectivity index (χ0) is 14.8. The SMILES string of the molecule is CC(NS(=O)(=O)c1cc(Cl)ccc1N)C1CCOCC1. The van der Waals surface area contributed by atoms with Crippen LogP contribution in [0.25, 0.3) is 0 Å². The van der Waals surface area contributed by atoms with E-state index in [0.29, 0.717) is 18.2 Å². The summed E-state index contributed by atoms with van der Waals surface area (Å²) in [6, 6.07) is 4.27. The molecular weight excluding hydrogens is 300 g/mol. The normalized spacial score (nSPS) is 18.9. The second-order valence-electron chi connectivity index (χ2n) is 5.04. The van der Waals surface area contributed by atoms with E-state index < -0.39 is 10.0 Å². The minimum atomic E-state index is -3.66. The van der Waals surface area contributed by atoms with Crippen LogP contribution in [0.4, 0.5) is 5.69 Å². The minimum absolute atomic E-state index is 0.0314. The van der Waals surface area contributed by atoms with Gasteiger partial charge in [0.1, 0.15) is 4.90 Å². The van der Waals surface area contributed by atoms with E-state index in [0.717, 1.165) is 12.8 Å². The second kappa shape index (κ2) is 6.30. The molecule has 5 nitrogen and oxygen atoms in total. The Kier molecular flexibility index (Phi) is 4.90. The molecule has 1 unspecified atom stereocenters. The van der Waals surface area contributed by atoms with Gasteiger partial charge in [-0.3, -0.25) is 0 Å². The zero-order valence-electron chi connectivity index (χ0n) is 11.3. The highest BCUT2D eigenvalue weighted by atomic mass is 35.5. The number of nitrogens with two attached hydrogens (primary N) is 1. The minimum Gasteiger partial charge on any atom is -0.398 e. The van der Waals surface area contributed by atoms with Gasteiger partial charge >= 0.3 is 0 Å². The molecule has 0 aromatic heterocycles. The fourth-order valence-corrected chi connectivity index (χ4v) is 4.07. The molecule has 1 fully saturated rings. The van der Waals surface area contributed by atoms with Crippen LogP contribution >= 0.6 is 11.6 Å². The summed E-state index contributed by atoms with van der Waals surface area (Å²) in [6.45, 7) is 3.22. The van der Waals surface area contributed by atoms with Gasteiger partial charge in [-0.05, 0) is 43.9 Å². The summed E-state index contributed by atoms with van der Waals surface area (Å²) >= 11 is 5.84. The van der Waals surface area contributed by atoms with Gasteiger partial charge in [0.2, 0.25) is 10.0 Å². The molecule has 1 aliphatic rings. The number of anilines is 1. The van der Waals surface area contributed by atoms with Crippen LogP contribution in [0.2, 0.25) is 5.02 Å². The lowest BCUT2D eigenvalue weighted by atomic mass is 9.94. The van der Waals surface area contributed by atoms with Crippen molar-refractivity contribution in [2.75, 3.05) is 18.9 Å².